The molecule has 2 rings (SSSR count). The monoisotopic (exact) mass is 277 g/mol. The van der Waals surface area contributed by atoms with Crippen LogP contribution in [-0.4, -0.2) is 24.5 Å². The van der Waals surface area contributed by atoms with Gasteiger partial charge in [-0.3, -0.25) is 15.0 Å². The molecular weight excluding hydrogens is 258 g/mol. The number of nitrogens with two attached hydrogens (primary N) is 1. The van der Waals surface area contributed by atoms with Crippen LogP contribution >= 0.6 is 0 Å². The Morgan fingerprint density at radius 3 is 2.65 bits per heavy atom. The van der Waals surface area contributed by atoms with Gasteiger partial charge in [0.05, 0.1) is 0 Å². The van der Waals surface area contributed by atoms with Gasteiger partial charge in [0.2, 0.25) is 5.91 Å². The van der Waals surface area contributed by atoms with Gasteiger partial charge in [0.1, 0.15) is 5.75 Å². The molecule has 1 heterocycles. The fraction of sp³-hybridized carbons (Fsp3) is 0.429. The molecule has 0 radical (unpaired) electrons. The minimum absolute atomic E-state index is 0.146. The Bertz CT molecular complexity index is 487. The van der Waals surface area contributed by atoms with Gasteiger partial charge in [0, 0.05) is 18.7 Å². The van der Waals surface area contributed by atoms with E-state index < -0.39 is 6.10 Å². The first-order chi connectivity index (χ1) is 9.65. The van der Waals surface area contributed by atoms with Gasteiger partial charge in [0.15, 0.2) is 6.10 Å². The molecule has 3 N–H and O–H groups in total. The van der Waals surface area contributed by atoms with Gasteiger partial charge in [-0.05, 0) is 37.1 Å². The molecule has 6 heteroatoms. The van der Waals surface area contributed by atoms with Crippen LogP contribution in [-0.2, 0) is 9.59 Å². The average molecular weight is 277 g/mol. The van der Waals surface area contributed by atoms with Crippen molar-refractivity contribution >= 4 is 17.5 Å². The van der Waals surface area contributed by atoms with Crippen LogP contribution in [0.5, 0.6) is 5.75 Å². The van der Waals surface area contributed by atoms with Crippen molar-refractivity contribution in [3.8, 4) is 5.75 Å². The third kappa shape index (κ3) is 3.08. The van der Waals surface area contributed by atoms with Crippen molar-refractivity contribution in [3.05, 3.63) is 24.3 Å². The Kier molecular flexibility index (Phi) is 4.57. The second-order valence-electron chi connectivity index (χ2n) is 4.67. The SMILES string of the molecule is CCC(Oc1ccc(N2CCCC2=O)cc1)C(=O)NN. The molecule has 108 valence electrons. The Morgan fingerprint density at radius 1 is 1.45 bits per heavy atom. The quantitative estimate of drug-likeness (QED) is 0.477. The molecule has 0 bridgehead atoms. The number of hydrogen-bond acceptors (Lipinski definition) is 4. The van der Waals surface area contributed by atoms with Gasteiger partial charge >= 0.3 is 0 Å². The summed E-state index contributed by atoms with van der Waals surface area (Å²) in [5.74, 6) is 5.47. The summed E-state index contributed by atoms with van der Waals surface area (Å²) < 4.78 is 5.57. The summed E-state index contributed by atoms with van der Waals surface area (Å²) in [6, 6.07) is 7.16. The Labute approximate surface area is 117 Å². The summed E-state index contributed by atoms with van der Waals surface area (Å²) in [6.07, 6.45) is 1.41. The molecule has 1 aliphatic rings. The highest BCUT2D eigenvalue weighted by atomic mass is 16.5. The predicted octanol–water partition coefficient (Wildman–Crippen LogP) is 0.961. The van der Waals surface area contributed by atoms with E-state index in [4.69, 9.17) is 10.6 Å². The molecule has 20 heavy (non-hydrogen) atoms. The number of nitrogens with zero attached hydrogens (tertiary/aromatic N) is 1. The van der Waals surface area contributed by atoms with Crippen molar-refractivity contribution < 1.29 is 14.3 Å². The first-order valence-corrected chi connectivity index (χ1v) is 6.73. The van der Waals surface area contributed by atoms with E-state index in [9.17, 15) is 9.59 Å². The highest BCUT2D eigenvalue weighted by molar-refractivity contribution is 5.95. The van der Waals surface area contributed by atoms with E-state index in [1.165, 1.54) is 0 Å². The Balaban J connectivity index is 2.04. The third-order valence-electron chi connectivity index (χ3n) is 3.31. The van der Waals surface area contributed by atoms with Crippen LogP contribution in [0.4, 0.5) is 5.69 Å². The smallest absolute Gasteiger partial charge is 0.274 e. The van der Waals surface area contributed by atoms with Gasteiger partial charge in [-0.1, -0.05) is 6.92 Å². The zero-order valence-electron chi connectivity index (χ0n) is 11.5. The van der Waals surface area contributed by atoms with Crippen molar-refractivity contribution in [1.29, 1.82) is 0 Å². The van der Waals surface area contributed by atoms with Crippen molar-refractivity contribution in [2.45, 2.75) is 32.3 Å². The summed E-state index contributed by atoms with van der Waals surface area (Å²) >= 11 is 0. The molecule has 1 unspecified atom stereocenters. The molecule has 2 amide bonds. The minimum atomic E-state index is -0.612. The van der Waals surface area contributed by atoms with Crippen LogP contribution in [0.3, 0.4) is 0 Å². The number of nitrogens with one attached hydrogen (secondary N) is 1. The average Bonchev–Trinajstić information content (AvgIpc) is 2.90. The summed E-state index contributed by atoms with van der Waals surface area (Å²) in [6.45, 7) is 2.60. The normalized spacial score (nSPS) is 16.1. The Morgan fingerprint density at radius 2 is 2.15 bits per heavy atom. The van der Waals surface area contributed by atoms with Crippen molar-refractivity contribution in [2.75, 3.05) is 11.4 Å². The number of hydrogen-bond donors (Lipinski definition) is 2. The third-order valence-corrected chi connectivity index (χ3v) is 3.31. The molecule has 1 aromatic rings. The van der Waals surface area contributed by atoms with E-state index in [1.807, 2.05) is 19.1 Å². The van der Waals surface area contributed by atoms with Crippen LogP contribution < -0.4 is 20.9 Å². The first kappa shape index (κ1) is 14.3. The lowest BCUT2D eigenvalue weighted by atomic mass is 10.2. The fourth-order valence-electron chi connectivity index (χ4n) is 2.21. The molecule has 0 aromatic heterocycles. The first-order valence-electron chi connectivity index (χ1n) is 6.73. The molecule has 6 nitrogen and oxygen atoms in total. The summed E-state index contributed by atoms with van der Waals surface area (Å²) in [5, 5.41) is 0. The zero-order chi connectivity index (χ0) is 14.5. The second-order valence-corrected chi connectivity index (χ2v) is 4.67. The van der Waals surface area contributed by atoms with Gasteiger partial charge in [0.25, 0.3) is 5.91 Å². The topological polar surface area (TPSA) is 84.7 Å². The maximum atomic E-state index is 11.6. The Hall–Kier alpha value is -2.08. The molecule has 1 aromatic carbocycles. The molecule has 0 spiro atoms. The number of carbonyl (C=O) groups is 2. The summed E-state index contributed by atoms with van der Waals surface area (Å²) in [5.41, 5.74) is 2.94. The molecular formula is C14H19N3O3. The van der Waals surface area contributed by atoms with E-state index in [-0.39, 0.29) is 11.8 Å². The van der Waals surface area contributed by atoms with Crippen molar-refractivity contribution in [1.82, 2.24) is 5.43 Å². The van der Waals surface area contributed by atoms with E-state index >= 15 is 0 Å². The van der Waals surface area contributed by atoms with E-state index in [1.54, 1.807) is 17.0 Å². The van der Waals surface area contributed by atoms with Crippen LogP contribution in [0.2, 0.25) is 0 Å². The van der Waals surface area contributed by atoms with Gasteiger partial charge < -0.3 is 9.64 Å². The van der Waals surface area contributed by atoms with Gasteiger partial charge in [-0.2, -0.15) is 0 Å². The van der Waals surface area contributed by atoms with Crippen LogP contribution in [0.15, 0.2) is 24.3 Å². The number of amides is 2. The highest BCUT2D eigenvalue weighted by Gasteiger charge is 2.22. The largest absolute Gasteiger partial charge is 0.481 e. The number of benzene rings is 1. The van der Waals surface area contributed by atoms with E-state index in [0.717, 1.165) is 18.7 Å². The zero-order valence-corrected chi connectivity index (χ0v) is 11.5. The lowest BCUT2D eigenvalue weighted by molar-refractivity contribution is -0.128. The standard InChI is InChI=1S/C14H19N3O3/c1-2-12(14(19)16-15)20-11-7-5-10(6-8-11)17-9-3-4-13(17)18/h5-8,12H,2-4,9,15H2,1H3,(H,16,19). The van der Waals surface area contributed by atoms with Crippen LogP contribution in [0.1, 0.15) is 26.2 Å². The summed E-state index contributed by atoms with van der Waals surface area (Å²) in [4.78, 5) is 24.8. The highest BCUT2D eigenvalue weighted by Crippen LogP contribution is 2.24. The van der Waals surface area contributed by atoms with E-state index in [0.29, 0.717) is 18.6 Å². The maximum absolute atomic E-state index is 11.6. The lowest BCUT2D eigenvalue weighted by Crippen LogP contribution is -2.41. The predicted molar refractivity (Wildman–Crippen MR) is 75.1 cm³/mol. The van der Waals surface area contributed by atoms with E-state index in [2.05, 4.69) is 5.43 Å². The molecule has 1 aliphatic heterocycles. The molecule has 1 saturated heterocycles. The molecule has 1 fully saturated rings. The van der Waals surface area contributed by atoms with Crippen LogP contribution in [0, 0.1) is 0 Å². The minimum Gasteiger partial charge on any atom is -0.481 e. The number of carbonyl (C=O) groups excluding carboxylic acids is 2. The number of anilines is 1. The van der Waals surface area contributed by atoms with Crippen molar-refractivity contribution in [2.24, 2.45) is 5.84 Å². The van der Waals surface area contributed by atoms with Crippen molar-refractivity contribution in [3.63, 3.8) is 0 Å². The number of ether oxygens (including phenoxy) is 1. The van der Waals surface area contributed by atoms with Gasteiger partial charge in [-0.25, -0.2) is 5.84 Å². The second kappa shape index (κ2) is 6.38. The molecule has 1 atom stereocenters. The fourth-order valence-corrected chi connectivity index (χ4v) is 2.21. The number of rotatable bonds is 5. The van der Waals surface area contributed by atoms with Crippen LogP contribution in [0.25, 0.3) is 0 Å². The molecule has 0 saturated carbocycles. The number of hydrazine groups is 1. The summed E-state index contributed by atoms with van der Waals surface area (Å²) in [7, 11) is 0. The lowest BCUT2D eigenvalue weighted by Gasteiger charge is -2.18. The maximum Gasteiger partial charge on any atom is 0.274 e. The molecule has 0 aliphatic carbocycles. The van der Waals surface area contributed by atoms with Gasteiger partial charge in [-0.15, -0.1) is 0 Å².